The molecule has 0 saturated heterocycles. The van der Waals surface area contributed by atoms with Gasteiger partial charge in [-0.3, -0.25) is 4.79 Å². The molecule has 0 bridgehead atoms. The Hall–Kier alpha value is -1.94. The molecule has 5 nitrogen and oxygen atoms in total. The summed E-state index contributed by atoms with van der Waals surface area (Å²) in [7, 11) is 0. The number of benzene rings is 2. The van der Waals surface area contributed by atoms with E-state index in [0.717, 1.165) is 18.2 Å². The van der Waals surface area contributed by atoms with Crippen LogP contribution >= 0.6 is 50.7 Å². The third-order valence-electron chi connectivity index (χ3n) is 4.11. The monoisotopic (exact) mass is 572 g/mol. The van der Waals surface area contributed by atoms with Gasteiger partial charge in [-0.15, -0.1) is 0 Å². The quantitative estimate of drug-likeness (QED) is 0.258. The summed E-state index contributed by atoms with van der Waals surface area (Å²) in [5, 5.41) is 12.9. The molecule has 2 aromatic rings. The summed E-state index contributed by atoms with van der Waals surface area (Å²) in [6.07, 6.45) is -4.97. The average Bonchev–Trinajstić information content (AvgIpc) is 2.68. The molecular weight excluding hydrogens is 559 g/mol. The third-order valence-corrected chi connectivity index (χ3v) is 5.96. The van der Waals surface area contributed by atoms with Crippen LogP contribution in [0, 0.1) is 0 Å². The first kappa shape index (κ1) is 26.3. The number of amides is 2. The van der Waals surface area contributed by atoms with Crippen molar-refractivity contribution in [2.24, 2.45) is 0 Å². The molecule has 32 heavy (non-hydrogen) atoms. The van der Waals surface area contributed by atoms with Gasteiger partial charge >= 0.3 is 12.3 Å². The lowest BCUT2D eigenvalue weighted by Crippen LogP contribution is -2.34. The Morgan fingerprint density at radius 2 is 1.62 bits per heavy atom. The van der Waals surface area contributed by atoms with Gasteiger partial charge in [-0.25, -0.2) is 4.79 Å². The molecule has 0 aliphatic carbocycles. The summed E-state index contributed by atoms with van der Waals surface area (Å²) in [6, 6.07) is 6.68. The van der Waals surface area contributed by atoms with Gasteiger partial charge in [0.15, 0.2) is 0 Å². The minimum Gasteiger partial charge on any atom is -0.465 e. The largest absolute Gasteiger partial charge is 0.465 e. The maximum Gasteiger partial charge on any atom is 0.416 e. The Kier molecular flexibility index (Phi) is 9.27. The van der Waals surface area contributed by atoms with Crippen LogP contribution in [0.1, 0.15) is 21.5 Å². The average molecular weight is 575 g/mol. The highest BCUT2D eigenvalue weighted by Crippen LogP contribution is 2.39. The molecule has 0 spiro atoms. The van der Waals surface area contributed by atoms with Crippen molar-refractivity contribution in [3.63, 3.8) is 0 Å². The molecule has 2 amide bonds. The molecule has 12 heteroatoms. The first-order valence-electron chi connectivity index (χ1n) is 8.86. The number of allylic oxidation sites excluding steroid dienone is 2. The smallest absolute Gasteiger partial charge is 0.416 e. The van der Waals surface area contributed by atoms with Gasteiger partial charge in [-0.05, 0) is 57.7 Å². The lowest BCUT2D eigenvalue weighted by atomic mass is 10.0. The van der Waals surface area contributed by atoms with Crippen LogP contribution in [0.3, 0.4) is 0 Å². The van der Waals surface area contributed by atoms with Gasteiger partial charge in [0, 0.05) is 17.6 Å². The van der Waals surface area contributed by atoms with E-state index in [1.54, 1.807) is 0 Å². The normalized spacial score (nSPS) is 11.9. The molecule has 0 aromatic heterocycles. The van der Waals surface area contributed by atoms with Crippen LogP contribution in [0.2, 0.25) is 15.1 Å². The highest BCUT2D eigenvalue weighted by atomic mass is 79.9. The number of halogens is 7. The van der Waals surface area contributed by atoms with Crippen molar-refractivity contribution in [2.45, 2.75) is 12.6 Å². The summed E-state index contributed by atoms with van der Waals surface area (Å²) >= 11 is 20.8. The zero-order valence-corrected chi connectivity index (χ0v) is 19.8. The Balaban J connectivity index is 2.20. The zero-order chi connectivity index (χ0) is 24.1. The number of carbonyl (C=O) groups excluding carboxylic acids is 1. The van der Waals surface area contributed by atoms with Crippen molar-refractivity contribution in [3.05, 3.63) is 72.6 Å². The van der Waals surface area contributed by atoms with Crippen molar-refractivity contribution in [1.82, 2.24) is 10.6 Å². The van der Waals surface area contributed by atoms with E-state index in [9.17, 15) is 22.8 Å². The molecular formula is C20H15BrCl3F3N2O3. The molecule has 0 heterocycles. The van der Waals surface area contributed by atoms with Gasteiger partial charge in [0.05, 0.1) is 26.2 Å². The molecule has 0 saturated carbocycles. The number of rotatable bonds is 7. The molecule has 2 aromatic carbocycles. The fourth-order valence-electron chi connectivity index (χ4n) is 2.64. The van der Waals surface area contributed by atoms with E-state index in [-0.39, 0.29) is 45.7 Å². The second kappa shape index (κ2) is 11.3. The lowest BCUT2D eigenvalue weighted by Gasteiger charge is -2.14. The minimum absolute atomic E-state index is 0.0283. The standard InChI is InChI=1S/C20H15BrCl3F3N2O3/c21-14-7-10(1-3-12(14)18(30)28-5-6-29-19(31)32)2-4-13(20(25,26)27)11-8-15(22)17(24)16(23)9-11/h1,3-4,7-9,29H,2,5-6H2,(H,28,30)(H,31,32). The summed E-state index contributed by atoms with van der Waals surface area (Å²) in [5.41, 5.74) is -0.391. The van der Waals surface area contributed by atoms with E-state index < -0.39 is 23.7 Å². The van der Waals surface area contributed by atoms with E-state index in [4.69, 9.17) is 39.9 Å². The summed E-state index contributed by atoms with van der Waals surface area (Å²) in [6.45, 7) is 0.101. The molecule has 0 radical (unpaired) electrons. The van der Waals surface area contributed by atoms with Gasteiger partial charge < -0.3 is 15.7 Å². The molecule has 172 valence electrons. The number of carbonyl (C=O) groups is 2. The molecule has 3 N–H and O–H groups in total. The van der Waals surface area contributed by atoms with Crippen molar-refractivity contribution >= 4 is 68.3 Å². The predicted molar refractivity (Wildman–Crippen MR) is 122 cm³/mol. The SMILES string of the molecule is O=C(O)NCCNC(=O)c1ccc(CC=C(c2cc(Cl)c(Cl)c(Cl)c2)C(F)(F)F)cc1Br. The van der Waals surface area contributed by atoms with Crippen LogP contribution in [0.5, 0.6) is 0 Å². The van der Waals surface area contributed by atoms with Gasteiger partial charge in [-0.1, -0.05) is 46.9 Å². The van der Waals surface area contributed by atoms with E-state index in [2.05, 4.69) is 26.6 Å². The Bertz CT molecular complexity index is 1040. The summed E-state index contributed by atoms with van der Waals surface area (Å²) in [4.78, 5) is 22.6. The number of hydrogen-bond donors (Lipinski definition) is 3. The number of hydrogen-bond acceptors (Lipinski definition) is 2. The summed E-state index contributed by atoms with van der Waals surface area (Å²) in [5.74, 6) is -0.465. The molecule has 0 aliphatic rings. The Morgan fingerprint density at radius 1 is 1.03 bits per heavy atom. The molecule has 0 aliphatic heterocycles. The van der Waals surface area contributed by atoms with Crippen molar-refractivity contribution in [2.75, 3.05) is 13.1 Å². The summed E-state index contributed by atoms with van der Waals surface area (Å²) < 4.78 is 41.3. The van der Waals surface area contributed by atoms with Crippen LogP contribution in [-0.2, 0) is 6.42 Å². The molecule has 0 unspecified atom stereocenters. The fraction of sp³-hybridized carbons (Fsp3) is 0.200. The number of carboxylic acid groups (broad SMARTS) is 1. The van der Waals surface area contributed by atoms with Crippen LogP contribution in [-0.4, -0.2) is 36.4 Å². The van der Waals surface area contributed by atoms with E-state index in [0.29, 0.717) is 10.0 Å². The van der Waals surface area contributed by atoms with Crippen LogP contribution < -0.4 is 10.6 Å². The Labute approximate surface area is 204 Å². The topological polar surface area (TPSA) is 78.4 Å². The zero-order valence-electron chi connectivity index (χ0n) is 16.0. The first-order chi connectivity index (χ1) is 14.9. The lowest BCUT2D eigenvalue weighted by molar-refractivity contribution is -0.0690. The number of alkyl halides is 3. The second-order valence-corrected chi connectivity index (χ2v) is 8.42. The maximum atomic E-state index is 13.6. The maximum absolute atomic E-state index is 13.6. The highest BCUT2D eigenvalue weighted by Gasteiger charge is 2.35. The van der Waals surface area contributed by atoms with Crippen molar-refractivity contribution in [1.29, 1.82) is 0 Å². The third kappa shape index (κ3) is 7.30. The van der Waals surface area contributed by atoms with Gasteiger partial charge in [0.2, 0.25) is 0 Å². The Morgan fingerprint density at radius 3 is 2.16 bits per heavy atom. The van der Waals surface area contributed by atoms with Gasteiger partial charge in [0.1, 0.15) is 0 Å². The van der Waals surface area contributed by atoms with Crippen molar-refractivity contribution < 1.29 is 27.9 Å². The fourth-order valence-corrected chi connectivity index (χ4v) is 3.84. The number of nitrogens with one attached hydrogen (secondary N) is 2. The van der Waals surface area contributed by atoms with Crippen LogP contribution in [0.4, 0.5) is 18.0 Å². The van der Waals surface area contributed by atoms with Crippen LogP contribution in [0.25, 0.3) is 5.57 Å². The van der Waals surface area contributed by atoms with E-state index in [1.165, 1.54) is 18.2 Å². The molecule has 2 rings (SSSR count). The molecule has 0 fully saturated rings. The van der Waals surface area contributed by atoms with Gasteiger partial charge in [-0.2, -0.15) is 13.2 Å². The van der Waals surface area contributed by atoms with Gasteiger partial charge in [0.25, 0.3) is 5.91 Å². The molecule has 0 atom stereocenters. The highest BCUT2D eigenvalue weighted by molar-refractivity contribution is 9.10. The first-order valence-corrected chi connectivity index (χ1v) is 10.8. The minimum atomic E-state index is -4.67. The van der Waals surface area contributed by atoms with E-state index >= 15 is 0 Å². The van der Waals surface area contributed by atoms with Crippen LogP contribution in [0.15, 0.2) is 40.9 Å². The predicted octanol–water partition coefficient (Wildman–Crippen LogP) is 6.60. The van der Waals surface area contributed by atoms with E-state index in [1.807, 2.05) is 0 Å². The second-order valence-electron chi connectivity index (χ2n) is 6.38. The van der Waals surface area contributed by atoms with Crippen molar-refractivity contribution in [3.8, 4) is 0 Å².